The molecule has 19 heavy (non-hydrogen) atoms. The Bertz CT molecular complexity index is 426. The van der Waals surface area contributed by atoms with Crippen molar-refractivity contribution in [3.63, 3.8) is 0 Å². The molecule has 1 aliphatic heterocycles. The highest BCUT2D eigenvalue weighted by Gasteiger charge is 2.28. The Balaban J connectivity index is 1.80. The Morgan fingerprint density at radius 2 is 2.05 bits per heavy atom. The number of aryl methyl sites for hydroxylation is 1. The van der Waals surface area contributed by atoms with Crippen LogP contribution in [-0.4, -0.2) is 30.6 Å². The van der Waals surface area contributed by atoms with Gasteiger partial charge >= 0.3 is 0 Å². The maximum Gasteiger partial charge on any atom is 0.223 e. The average molecular weight is 262 g/mol. The number of aliphatic hydroxyl groups is 1. The summed E-state index contributed by atoms with van der Waals surface area (Å²) in [6.45, 7) is 6.04. The number of amides is 1. The number of carbonyl (C=O) groups is 1. The maximum absolute atomic E-state index is 11.9. The molecule has 0 spiro atoms. The number of rotatable bonds is 5. The van der Waals surface area contributed by atoms with Gasteiger partial charge in [0.15, 0.2) is 0 Å². The monoisotopic (exact) mass is 262 g/mol. The zero-order valence-corrected chi connectivity index (χ0v) is 11.5. The fourth-order valence-corrected chi connectivity index (χ4v) is 2.14. The van der Waals surface area contributed by atoms with Crippen molar-refractivity contribution in [1.29, 1.82) is 0 Å². The van der Waals surface area contributed by atoms with Crippen molar-refractivity contribution < 1.29 is 9.90 Å². The van der Waals surface area contributed by atoms with E-state index in [4.69, 9.17) is 0 Å². The number of carbonyl (C=O) groups excluding carboxylic acids is 1. The van der Waals surface area contributed by atoms with Gasteiger partial charge in [-0.15, -0.1) is 0 Å². The molecule has 0 saturated carbocycles. The largest absolute Gasteiger partial charge is 0.387 e. The average Bonchev–Trinajstić information content (AvgIpc) is 2.34. The SMILES string of the molecule is Cc1ccc(C(O)CNC(=O)C(C)C2CNC2)cc1. The second-order valence-electron chi connectivity index (χ2n) is 5.38. The van der Waals surface area contributed by atoms with E-state index in [0.29, 0.717) is 5.92 Å². The summed E-state index contributed by atoms with van der Waals surface area (Å²) in [5.41, 5.74) is 2.00. The summed E-state index contributed by atoms with van der Waals surface area (Å²) in [6.07, 6.45) is -0.642. The van der Waals surface area contributed by atoms with Crippen LogP contribution in [-0.2, 0) is 4.79 Å². The first-order chi connectivity index (χ1) is 9.08. The van der Waals surface area contributed by atoms with Gasteiger partial charge < -0.3 is 15.7 Å². The van der Waals surface area contributed by atoms with Crippen LogP contribution in [0.5, 0.6) is 0 Å². The van der Waals surface area contributed by atoms with Crippen LogP contribution in [0, 0.1) is 18.8 Å². The molecule has 1 amide bonds. The lowest BCUT2D eigenvalue weighted by atomic mass is 9.88. The predicted molar refractivity (Wildman–Crippen MR) is 74.7 cm³/mol. The third-order valence-electron chi connectivity index (χ3n) is 3.87. The summed E-state index contributed by atoms with van der Waals surface area (Å²) in [7, 11) is 0. The quantitative estimate of drug-likeness (QED) is 0.742. The highest BCUT2D eigenvalue weighted by molar-refractivity contribution is 5.78. The fraction of sp³-hybridized carbons (Fsp3) is 0.533. The molecule has 1 fully saturated rings. The molecule has 3 N–H and O–H groups in total. The van der Waals surface area contributed by atoms with E-state index < -0.39 is 6.10 Å². The molecule has 2 unspecified atom stereocenters. The first-order valence-corrected chi connectivity index (χ1v) is 6.81. The summed E-state index contributed by atoms with van der Waals surface area (Å²) in [4.78, 5) is 11.9. The van der Waals surface area contributed by atoms with Crippen LogP contribution < -0.4 is 10.6 Å². The predicted octanol–water partition coefficient (Wildman–Crippen LogP) is 1.00. The third-order valence-corrected chi connectivity index (χ3v) is 3.87. The number of hydrogen-bond acceptors (Lipinski definition) is 3. The molecule has 4 nitrogen and oxygen atoms in total. The summed E-state index contributed by atoms with van der Waals surface area (Å²) in [5, 5.41) is 16.0. The van der Waals surface area contributed by atoms with Crippen LogP contribution in [0.4, 0.5) is 0 Å². The van der Waals surface area contributed by atoms with Crippen LogP contribution in [0.25, 0.3) is 0 Å². The Morgan fingerprint density at radius 1 is 1.42 bits per heavy atom. The molecule has 1 aromatic carbocycles. The topological polar surface area (TPSA) is 61.4 Å². The van der Waals surface area contributed by atoms with E-state index in [1.165, 1.54) is 0 Å². The third kappa shape index (κ3) is 3.55. The van der Waals surface area contributed by atoms with Crippen molar-refractivity contribution in [3.05, 3.63) is 35.4 Å². The van der Waals surface area contributed by atoms with E-state index in [-0.39, 0.29) is 18.4 Å². The van der Waals surface area contributed by atoms with Gasteiger partial charge in [-0.05, 0) is 31.5 Å². The highest BCUT2D eigenvalue weighted by Crippen LogP contribution is 2.17. The lowest BCUT2D eigenvalue weighted by Gasteiger charge is -2.31. The van der Waals surface area contributed by atoms with Crippen molar-refractivity contribution in [1.82, 2.24) is 10.6 Å². The summed E-state index contributed by atoms with van der Waals surface area (Å²) < 4.78 is 0. The van der Waals surface area contributed by atoms with Crippen LogP contribution in [0.1, 0.15) is 24.2 Å². The molecular formula is C15H22N2O2. The Morgan fingerprint density at radius 3 is 2.58 bits per heavy atom. The zero-order valence-electron chi connectivity index (χ0n) is 11.5. The molecule has 4 heteroatoms. The molecule has 0 aromatic heterocycles. The molecule has 0 bridgehead atoms. The lowest BCUT2D eigenvalue weighted by Crippen LogP contribution is -2.50. The van der Waals surface area contributed by atoms with Gasteiger partial charge in [0.2, 0.25) is 5.91 Å². The van der Waals surface area contributed by atoms with Gasteiger partial charge in [-0.1, -0.05) is 36.8 Å². The molecule has 0 aliphatic carbocycles. The van der Waals surface area contributed by atoms with Crippen molar-refractivity contribution in [2.45, 2.75) is 20.0 Å². The van der Waals surface area contributed by atoms with Gasteiger partial charge in [-0.2, -0.15) is 0 Å². The first-order valence-electron chi connectivity index (χ1n) is 6.81. The molecule has 0 radical (unpaired) electrons. The van der Waals surface area contributed by atoms with Crippen molar-refractivity contribution in [3.8, 4) is 0 Å². The Kier molecular flexibility index (Phi) is 4.56. The van der Waals surface area contributed by atoms with E-state index in [1.807, 2.05) is 38.1 Å². The lowest BCUT2D eigenvalue weighted by molar-refractivity contribution is -0.127. The number of hydrogen-bond donors (Lipinski definition) is 3. The molecular weight excluding hydrogens is 240 g/mol. The van der Waals surface area contributed by atoms with Crippen molar-refractivity contribution in [2.75, 3.05) is 19.6 Å². The maximum atomic E-state index is 11.9. The van der Waals surface area contributed by atoms with E-state index in [0.717, 1.165) is 24.2 Å². The van der Waals surface area contributed by atoms with E-state index in [2.05, 4.69) is 10.6 Å². The minimum atomic E-state index is -0.642. The number of nitrogens with one attached hydrogen (secondary N) is 2. The second kappa shape index (κ2) is 6.17. The van der Waals surface area contributed by atoms with Crippen molar-refractivity contribution in [2.24, 2.45) is 11.8 Å². The summed E-state index contributed by atoms with van der Waals surface area (Å²) >= 11 is 0. The molecule has 2 rings (SSSR count). The minimum absolute atomic E-state index is 0.00599. The van der Waals surface area contributed by atoms with Crippen LogP contribution in [0.15, 0.2) is 24.3 Å². The molecule has 1 saturated heterocycles. The molecule has 2 atom stereocenters. The smallest absolute Gasteiger partial charge is 0.223 e. The Hall–Kier alpha value is -1.39. The van der Waals surface area contributed by atoms with Gasteiger partial charge in [0, 0.05) is 12.5 Å². The van der Waals surface area contributed by atoms with Crippen LogP contribution >= 0.6 is 0 Å². The number of aliphatic hydroxyl groups excluding tert-OH is 1. The second-order valence-corrected chi connectivity index (χ2v) is 5.38. The fourth-order valence-electron chi connectivity index (χ4n) is 2.14. The van der Waals surface area contributed by atoms with Gasteiger partial charge in [0.1, 0.15) is 0 Å². The van der Waals surface area contributed by atoms with Crippen LogP contribution in [0.2, 0.25) is 0 Å². The minimum Gasteiger partial charge on any atom is -0.387 e. The zero-order chi connectivity index (χ0) is 13.8. The van der Waals surface area contributed by atoms with E-state index in [1.54, 1.807) is 0 Å². The van der Waals surface area contributed by atoms with Crippen LogP contribution in [0.3, 0.4) is 0 Å². The highest BCUT2D eigenvalue weighted by atomic mass is 16.3. The van der Waals surface area contributed by atoms with Gasteiger partial charge in [-0.3, -0.25) is 4.79 Å². The van der Waals surface area contributed by atoms with Gasteiger partial charge in [-0.25, -0.2) is 0 Å². The molecule has 1 aliphatic rings. The van der Waals surface area contributed by atoms with Gasteiger partial charge in [0.25, 0.3) is 0 Å². The van der Waals surface area contributed by atoms with Gasteiger partial charge in [0.05, 0.1) is 6.10 Å². The molecule has 1 heterocycles. The Labute approximate surface area is 114 Å². The first kappa shape index (κ1) is 14.0. The number of benzene rings is 1. The van der Waals surface area contributed by atoms with E-state index >= 15 is 0 Å². The molecule has 104 valence electrons. The summed E-state index contributed by atoms with van der Waals surface area (Å²) in [5.74, 6) is 0.459. The standard InChI is InChI=1S/C15H22N2O2/c1-10-3-5-12(6-4-10)14(18)9-17-15(19)11(2)13-7-16-8-13/h3-6,11,13-14,16,18H,7-9H2,1-2H3,(H,17,19). The normalized spacial score (nSPS) is 18.5. The summed E-state index contributed by atoms with van der Waals surface area (Å²) in [6, 6.07) is 7.71. The van der Waals surface area contributed by atoms with E-state index in [9.17, 15) is 9.90 Å². The molecule has 1 aromatic rings. The van der Waals surface area contributed by atoms with Crippen molar-refractivity contribution >= 4 is 5.91 Å².